The van der Waals surface area contributed by atoms with Crippen molar-refractivity contribution < 1.29 is 13.2 Å². The molecule has 1 N–H and O–H groups in total. The Kier molecular flexibility index (Phi) is 7.52. The van der Waals surface area contributed by atoms with Crippen molar-refractivity contribution in [1.29, 1.82) is 0 Å². The number of rotatable bonds is 8. The number of methoxy groups -OCH3 is 1. The molecule has 0 aliphatic heterocycles. The van der Waals surface area contributed by atoms with E-state index in [9.17, 15) is 8.42 Å². The lowest BCUT2D eigenvalue weighted by atomic mass is 10.1. The normalized spacial score (nSPS) is 14.5. The Balaban J connectivity index is 3.82. The lowest BCUT2D eigenvalue weighted by Gasteiger charge is -2.13. The minimum Gasteiger partial charge on any atom is -0.384 e. The molecule has 15 heavy (non-hydrogen) atoms. The van der Waals surface area contributed by atoms with Crippen LogP contribution in [-0.4, -0.2) is 39.8 Å². The first kappa shape index (κ1) is 15.2. The second-order valence-corrected chi connectivity index (χ2v) is 6.43. The second kappa shape index (κ2) is 7.44. The van der Waals surface area contributed by atoms with E-state index in [-0.39, 0.29) is 24.3 Å². The van der Waals surface area contributed by atoms with Crippen molar-refractivity contribution in [2.24, 2.45) is 5.92 Å². The highest BCUT2D eigenvalue weighted by atomic mass is 35.5. The van der Waals surface area contributed by atoms with Crippen molar-refractivity contribution in [3.63, 3.8) is 0 Å². The maximum atomic E-state index is 11.3. The summed E-state index contributed by atoms with van der Waals surface area (Å²) in [5, 5.41) is -0.151. The van der Waals surface area contributed by atoms with Gasteiger partial charge in [0.15, 0.2) is 0 Å². The van der Waals surface area contributed by atoms with Gasteiger partial charge in [0.2, 0.25) is 10.0 Å². The number of hydrogen-bond donors (Lipinski definition) is 1. The average Bonchev–Trinajstić information content (AvgIpc) is 2.11. The van der Waals surface area contributed by atoms with Crippen LogP contribution in [0.3, 0.4) is 0 Å². The summed E-state index contributed by atoms with van der Waals surface area (Å²) in [5.74, 6) is 0.449. The van der Waals surface area contributed by atoms with E-state index < -0.39 is 10.0 Å². The molecule has 6 heteroatoms. The highest BCUT2D eigenvalue weighted by molar-refractivity contribution is 7.89. The number of sulfonamides is 1. The Bertz CT molecular complexity index is 254. The monoisotopic (exact) mass is 257 g/mol. The molecule has 0 fully saturated rings. The zero-order valence-electron chi connectivity index (χ0n) is 9.49. The summed E-state index contributed by atoms with van der Waals surface area (Å²) in [5.41, 5.74) is 0. The molecule has 0 rings (SSSR count). The molecule has 4 nitrogen and oxygen atoms in total. The Morgan fingerprint density at radius 1 is 1.40 bits per heavy atom. The molecule has 0 amide bonds. The summed E-state index contributed by atoms with van der Waals surface area (Å²) in [7, 11) is -1.76. The summed E-state index contributed by atoms with van der Waals surface area (Å²) < 4.78 is 29.8. The van der Waals surface area contributed by atoms with Gasteiger partial charge in [-0.05, 0) is 12.3 Å². The molecule has 0 radical (unpaired) electrons. The summed E-state index contributed by atoms with van der Waals surface area (Å²) in [6.07, 6.45) is 0.800. The lowest BCUT2D eigenvalue weighted by molar-refractivity contribution is 0.217. The van der Waals surface area contributed by atoms with Crippen molar-refractivity contribution in [3.8, 4) is 0 Å². The van der Waals surface area contributed by atoms with Gasteiger partial charge in [-0.2, -0.15) is 0 Å². The van der Waals surface area contributed by atoms with Crippen LogP contribution in [0, 0.1) is 5.92 Å². The van der Waals surface area contributed by atoms with Gasteiger partial charge in [0.05, 0.1) is 12.4 Å². The van der Waals surface area contributed by atoms with E-state index in [1.165, 1.54) is 7.11 Å². The summed E-state index contributed by atoms with van der Waals surface area (Å²) in [6, 6.07) is 0. The van der Waals surface area contributed by atoms with Crippen LogP contribution < -0.4 is 4.72 Å². The van der Waals surface area contributed by atoms with E-state index in [1.807, 2.05) is 0 Å². The van der Waals surface area contributed by atoms with Crippen molar-refractivity contribution in [2.75, 3.05) is 26.0 Å². The van der Waals surface area contributed by atoms with Gasteiger partial charge in [-0.15, -0.1) is 11.6 Å². The standard InChI is InChI=1S/C9H20ClNO3S/c1-8(2)6-9(10)7-11-15(12,13)5-4-14-3/h8-9,11H,4-7H2,1-3H3. The van der Waals surface area contributed by atoms with Gasteiger partial charge in [-0.25, -0.2) is 13.1 Å². The highest BCUT2D eigenvalue weighted by Gasteiger charge is 2.13. The molecule has 0 heterocycles. The van der Waals surface area contributed by atoms with E-state index in [4.69, 9.17) is 16.3 Å². The average molecular weight is 258 g/mol. The first-order valence-corrected chi connectivity index (χ1v) is 7.06. The molecule has 0 saturated heterocycles. The van der Waals surface area contributed by atoms with E-state index in [0.29, 0.717) is 5.92 Å². The minimum absolute atomic E-state index is 0.0191. The summed E-state index contributed by atoms with van der Waals surface area (Å²) in [4.78, 5) is 0. The van der Waals surface area contributed by atoms with Crippen molar-refractivity contribution >= 4 is 21.6 Å². The predicted octanol–water partition coefficient (Wildman–Crippen LogP) is 1.21. The largest absolute Gasteiger partial charge is 0.384 e. The minimum atomic E-state index is -3.23. The maximum Gasteiger partial charge on any atom is 0.213 e. The molecule has 0 bridgehead atoms. The third-order valence-electron chi connectivity index (χ3n) is 1.81. The number of halogens is 1. The fraction of sp³-hybridized carbons (Fsp3) is 1.00. The third kappa shape index (κ3) is 9.11. The van der Waals surface area contributed by atoms with Crippen molar-refractivity contribution in [3.05, 3.63) is 0 Å². The molecule has 0 aromatic heterocycles. The van der Waals surface area contributed by atoms with Crippen LogP contribution in [0.15, 0.2) is 0 Å². The van der Waals surface area contributed by atoms with E-state index in [1.54, 1.807) is 0 Å². The van der Waals surface area contributed by atoms with E-state index >= 15 is 0 Å². The van der Waals surface area contributed by atoms with Gasteiger partial charge < -0.3 is 4.74 Å². The zero-order valence-corrected chi connectivity index (χ0v) is 11.1. The van der Waals surface area contributed by atoms with Crippen LogP contribution in [0.5, 0.6) is 0 Å². The smallest absolute Gasteiger partial charge is 0.213 e. The quantitative estimate of drug-likeness (QED) is 0.665. The van der Waals surface area contributed by atoms with Crippen LogP contribution >= 0.6 is 11.6 Å². The predicted molar refractivity (Wildman–Crippen MR) is 62.8 cm³/mol. The van der Waals surface area contributed by atoms with Gasteiger partial charge >= 0.3 is 0 Å². The van der Waals surface area contributed by atoms with Gasteiger partial charge in [0, 0.05) is 19.0 Å². The summed E-state index contributed by atoms with van der Waals surface area (Å²) >= 11 is 5.96. The van der Waals surface area contributed by atoms with Gasteiger partial charge in [0.1, 0.15) is 0 Å². The van der Waals surface area contributed by atoms with Crippen LogP contribution in [0.2, 0.25) is 0 Å². The fourth-order valence-corrected chi connectivity index (χ4v) is 2.59. The van der Waals surface area contributed by atoms with Crippen LogP contribution in [0.25, 0.3) is 0 Å². The Hall–Kier alpha value is 0.160. The maximum absolute atomic E-state index is 11.3. The number of hydrogen-bond acceptors (Lipinski definition) is 3. The molecule has 0 aromatic carbocycles. The third-order valence-corrected chi connectivity index (χ3v) is 3.45. The number of nitrogens with one attached hydrogen (secondary N) is 1. The topological polar surface area (TPSA) is 55.4 Å². The second-order valence-electron chi connectivity index (χ2n) is 3.89. The molecule has 1 atom stereocenters. The zero-order chi connectivity index (χ0) is 11.9. The molecule has 0 aromatic rings. The van der Waals surface area contributed by atoms with E-state index in [2.05, 4.69) is 18.6 Å². The SMILES string of the molecule is COCCS(=O)(=O)NCC(Cl)CC(C)C. The Labute approximate surface area is 97.4 Å². The van der Waals surface area contributed by atoms with Crippen LogP contribution in [0.4, 0.5) is 0 Å². The molecule has 0 saturated carbocycles. The van der Waals surface area contributed by atoms with Crippen molar-refractivity contribution in [2.45, 2.75) is 25.6 Å². The molecular formula is C9H20ClNO3S. The lowest BCUT2D eigenvalue weighted by Crippen LogP contribution is -2.33. The number of ether oxygens (including phenoxy) is 1. The summed E-state index contributed by atoms with van der Waals surface area (Å²) in [6.45, 7) is 4.59. The van der Waals surface area contributed by atoms with Gasteiger partial charge in [-0.1, -0.05) is 13.8 Å². The molecule has 0 aliphatic rings. The Morgan fingerprint density at radius 2 is 2.00 bits per heavy atom. The van der Waals surface area contributed by atoms with Gasteiger partial charge in [-0.3, -0.25) is 0 Å². The van der Waals surface area contributed by atoms with Crippen molar-refractivity contribution in [1.82, 2.24) is 4.72 Å². The molecule has 92 valence electrons. The van der Waals surface area contributed by atoms with E-state index in [0.717, 1.165) is 6.42 Å². The molecule has 1 unspecified atom stereocenters. The molecule has 0 spiro atoms. The fourth-order valence-electron chi connectivity index (χ4n) is 1.08. The first-order chi connectivity index (χ1) is 6.87. The Morgan fingerprint density at radius 3 is 2.47 bits per heavy atom. The van der Waals surface area contributed by atoms with Gasteiger partial charge in [0.25, 0.3) is 0 Å². The molecular weight excluding hydrogens is 238 g/mol. The van der Waals surface area contributed by atoms with Crippen LogP contribution in [-0.2, 0) is 14.8 Å². The first-order valence-electron chi connectivity index (χ1n) is 4.97. The molecule has 0 aliphatic carbocycles. The number of alkyl halides is 1. The highest BCUT2D eigenvalue weighted by Crippen LogP contribution is 2.09. The van der Waals surface area contributed by atoms with Crippen LogP contribution in [0.1, 0.15) is 20.3 Å².